The van der Waals surface area contributed by atoms with E-state index in [4.69, 9.17) is 0 Å². The molecule has 2 unspecified atom stereocenters. The Labute approximate surface area is 210 Å². The highest BCUT2D eigenvalue weighted by Crippen LogP contribution is 2.50. The smallest absolute Gasteiger partial charge is 0.261 e. The van der Waals surface area contributed by atoms with Gasteiger partial charge in [0, 0.05) is 23.3 Å². The van der Waals surface area contributed by atoms with Crippen LogP contribution >= 0.6 is 22.7 Å². The van der Waals surface area contributed by atoms with Crippen LogP contribution in [-0.4, -0.2) is 70.1 Å². The zero-order valence-corrected chi connectivity index (χ0v) is 21.0. The van der Waals surface area contributed by atoms with Crippen molar-refractivity contribution >= 4 is 34.5 Å². The molecule has 5 rings (SSSR count). The Morgan fingerprint density at radius 2 is 2.20 bits per heavy atom. The molecule has 1 fully saturated rings. The SMILES string of the molecule is CNC(=O)c1cc2c(s1)C(CCNCC(=O)N1CCCC1C#N)(c1nn[nH]n1)c1sccc1CC2. The van der Waals surface area contributed by atoms with Crippen molar-refractivity contribution in [2.24, 2.45) is 0 Å². The predicted octanol–water partition coefficient (Wildman–Crippen LogP) is 1.61. The molecular formula is C23H26N8O2S2. The number of hydrogen-bond donors (Lipinski definition) is 3. The molecule has 0 spiro atoms. The first-order valence-corrected chi connectivity index (χ1v) is 13.3. The number of tetrazole rings is 1. The summed E-state index contributed by atoms with van der Waals surface area (Å²) in [7, 11) is 1.63. The number of rotatable bonds is 7. The molecule has 10 nitrogen and oxygen atoms in total. The Balaban J connectivity index is 1.46. The van der Waals surface area contributed by atoms with E-state index in [9.17, 15) is 14.9 Å². The quantitative estimate of drug-likeness (QED) is 0.410. The molecule has 0 saturated carbocycles. The van der Waals surface area contributed by atoms with Gasteiger partial charge in [-0.1, -0.05) is 5.21 Å². The van der Waals surface area contributed by atoms with Crippen LogP contribution < -0.4 is 10.6 Å². The van der Waals surface area contributed by atoms with Crippen LogP contribution in [0.1, 0.15) is 55.6 Å². The number of aryl methyl sites for hydroxylation is 2. The molecule has 1 saturated heterocycles. The summed E-state index contributed by atoms with van der Waals surface area (Å²) in [6.45, 7) is 1.32. The Morgan fingerprint density at radius 3 is 2.97 bits per heavy atom. The van der Waals surface area contributed by atoms with Crippen LogP contribution in [0.3, 0.4) is 0 Å². The van der Waals surface area contributed by atoms with Gasteiger partial charge in [-0.05, 0) is 67.3 Å². The number of aromatic amines is 1. The van der Waals surface area contributed by atoms with Crippen molar-refractivity contribution in [1.82, 2.24) is 36.2 Å². The van der Waals surface area contributed by atoms with E-state index in [1.54, 1.807) is 23.3 Å². The van der Waals surface area contributed by atoms with Gasteiger partial charge in [0.2, 0.25) is 5.91 Å². The van der Waals surface area contributed by atoms with Crippen LogP contribution in [0.25, 0.3) is 0 Å². The molecule has 2 aliphatic rings. The minimum atomic E-state index is -0.682. The summed E-state index contributed by atoms with van der Waals surface area (Å²) < 4.78 is 0. The molecule has 12 heteroatoms. The van der Waals surface area contributed by atoms with Crippen molar-refractivity contribution in [2.75, 3.05) is 26.7 Å². The first kappa shape index (κ1) is 23.6. The highest BCUT2D eigenvalue weighted by molar-refractivity contribution is 7.15. The minimum absolute atomic E-state index is 0.0564. The topological polar surface area (TPSA) is 140 Å². The summed E-state index contributed by atoms with van der Waals surface area (Å²) in [6, 6.07) is 6.03. The number of hydrogen-bond acceptors (Lipinski definition) is 9. The van der Waals surface area contributed by atoms with Gasteiger partial charge in [-0.3, -0.25) is 9.59 Å². The molecule has 2 atom stereocenters. The van der Waals surface area contributed by atoms with Crippen LogP contribution in [0.5, 0.6) is 0 Å². The molecule has 3 N–H and O–H groups in total. The summed E-state index contributed by atoms with van der Waals surface area (Å²) in [5.41, 5.74) is 1.68. The molecular weight excluding hydrogens is 484 g/mol. The second-order valence-electron chi connectivity index (χ2n) is 8.76. The Hall–Kier alpha value is -3.14. The van der Waals surface area contributed by atoms with Gasteiger partial charge in [-0.15, -0.1) is 32.9 Å². The van der Waals surface area contributed by atoms with E-state index >= 15 is 0 Å². The third kappa shape index (κ3) is 4.13. The largest absolute Gasteiger partial charge is 0.354 e. The number of H-pyrrole nitrogens is 1. The third-order valence-electron chi connectivity index (χ3n) is 6.85. The van der Waals surface area contributed by atoms with Gasteiger partial charge < -0.3 is 15.5 Å². The molecule has 0 bridgehead atoms. The van der Waals surface area contributed by atoms with Gasteiger partial charge in [0.1, 0.15) is 11.5 Å². The number of carbonyl (C=O) groups is 2. The van der Waals surface area contributed by atoms with Crippen molar-refractivity contribution in [3.63, 3.8) is 0 Å². The fourth-order valence-corrected chi connectivity index (χ4v) is 7.78. The number of amides is 2. The molecule has 3 aromatic rings. The van der Waals surface area contributed by atoms with Crippen LogP contribution in [0, 0.1) is 11.3 Å². The number of fused-ring (bicyclic) bond motifs is 2. The van der Waals surface area contributed by atoms with Crippen molar-refractivity contribution in [2.45, 2.75) is 43.6 Å². The van der Waals surface area contributed by atoms with Crippen LogP contribution in [0.2, 0.25) is 0 Å². The van der Waals surface area contributed by atoms with E-state index in [2.05, 4.69) is 48.8 Å². The lowest BCUT2D eigenvalue weighted by atomic mass is 9.78. The molecule has 1 aliphatic heterocycles. The zero-order valence-electron chi connectivity index (χ0n) is 19.3. The van der Waals surface area contributed by atoms with Crippen molar-refractivity contribution < 1.29 is 9.59 Å². The second-order valence-corrected chi connectivity index (χ2v) is 10.7. The fourth-order valence-electron chi connectivity index (χ4n) is 5.15. The lowest BCUT2D eigenvalue weighted by molar-refractivity contribution is -0.130. The molecule has 0 aromatic carbocycles. The summed E-state index contributed by atoms with van der Waals surface area (Å²) in [5.74, 6) is 0.392. The van der Waals surface area contributed by atoms with Crippen molar-refractivity contribution in [3.8, 4) is 6.07 Å². The summed E-state index contributed by atoms with van der Waals surface area (Å²) >= 11 is 3.14. The lowest BCUT2D eigenvalue weighted by Gasteiger charge is -2.30. The average Bonchev–Trinajstić information content (AvgIpc) is 3.68. The maximum atomic E-state index is 12.7. The van der Waals surface area contributed by atoms with Crippen LogP contribution in [0.15, 0.2) is 17.5 Å². The van der Waals surface area contributed by atoms with Crippen molar-refractivity contribution in [1.29, 1.82) is 5.26 Å². The summed E-state index contributed by atoms with van der Waals surface area (Å²) in [5, 5.41) is 32.8. The highest BCUT2D eigenvalue weighted by Gasteiger charge is 2.47. The maximum absolute atomic E-state index is 12.7. The number of nitriles is 1. The summed E-state index contributed by atoms with van der Waals surface area (Å²) in [6.07, 6.45) is 3.88. The first-order chi connectivity index (χ1) is 17.1. The highest BCUT2D eigenvalue weighted by atomic mass is 32.1. The molecule has 4 heterocycles. The number of likely N-dealkylation sites (tertiary alicyclic amines) is 1. The van der Waals surface area contributed by atoms with E-state index in [1.165, 1.54) is 16.9 Å². The van der Waals surface area contributed by atoms with E-state index in [1.807, 2.05) is 6.07 Å². The zero-order chi connectivity index (χ0) is 24.4. The van der Waals surface area contributed by atoms with E-state index in [0.717, 1.165) is 41.0 Å². The molecule has 182 valence electrons. The molecule has 2 amide bonds. The normalized spacial score (nSPS) is 21.1. The third-order valence-corrected chi connectivity index (χ3v) is 9.30. The van der Waals surface area contributed by atoms with E-state index < -0.39 is 5.41 Å². The van der Waals surface area contributed by atoms with Gasteiger partial charge in [0.05, 0.1) is 17.5 Å². The molecule has 0 radical (unpaired) electrons. The van der Waals surface area contributed by atoms with E-state index in [0.29, 0.717) is 30.2 Å². The monoisotopic (exact) mass is 510 g/mol. The fraction of sp³-hybridized carbons (Fsp3) is 0.478. The van der Waals surface area contributed by atoms with Crippen LogP contribution in [-0.2, 0) is 23.1 Å². The number of thiophene rings is 2. The molecule has 3 aromatic heterocycles. The minimum Gasteiger partial charge on any atom is -0.354 e. The predicted molar refractivity (Wildman–Crippen MR) is 131 cm³/mol. The van der Waals surface area contributed by atoms with Crippen LogP contribution in [0.4, 0.5) is 0 Å². The number of nitrogens with one attached hydrogen (secondary N) is 3. The first-order valence-electron chi connectivity index (χ1n) is 11.6. The Morgan fingerprint density at radius 1 is 1.34 bits per heavy atom. The number of carbonyl (C=O) groups excluding carboxylic acids is 2. The lowest BCUT2D eigenvalue weighted by Crippen LogP contribution is -2.42. The molecule has 1 aliphatic carbocycles. The maximum Gasteiger partial charge on any atom is 0.261 e. The Kier molecular flexibility index (Phi) is 6.64. The van der Waals surface area contributed by atoms with Gasteiger partial charge in [-0.25, -0.2) is 0 Å². The number of aromatic nitrogens is 4. The van der Waals surface area contributed by atoms with Gasteiger partial charge in [-0.2, -0.15) is 10.5 Å². The molecule has 35 heavy (non-hydrogen) atoms. The Bertz CT molecular complexity index is 1260. The van der Waals surface area contributed by atoms with Gasteiger partial charge >= 0.3 is 0 Å². The standard InChI is InChI=1S/C23H26N8O2S2/c1-25-21(33)17-11-15-5-4-14-6-10-34-19(14)23(20(15)35-17,22-27-29-30-28-22)7-8-26-13-18(32)31-9-2-3-16(31)12-24/h6,10-11,16,26H,2-5,7-9,13H2,1H3,(H,25,33)(H,27,28,29,30). The van der Waals surface area contributed by atoms with Gasteiger partial charge in [0.25, 0.3) is 5.91 Å². The average molecular weight is 511 g/mol. The number of nitrogens with zero attached hydrogens (tertiary/aromatic N) is 5. The van der Waals surface area contributed by atoms with E-state index in [-0.39, 0.29) is 24.4 Å². The van der Waals surface area contributed by atoms with Gasteiger partial charge in [0.15, 0.2) is 5.82 Å². The van der Waals surface area contributed by atoms with Crippen molar-refractivity contribution in [3.05, 3.63) is 49.1 Å². The summed E-state index contributed by atoms with van der Waals surface area (Å²) in [4.78, 5) is 29.8. The second kappa shape index (κ2) is 9.85.